The van der Waals surface area contributed by atoms with E-state index in [2.05, 4.69) is 0 Å². The van der Waals surface area contributed by atoms with E-state index >= 15 is 0 Å². The molecule has 0 unspecified atom stereocenters. The summed E-state index contributed by atoms with van der Waals surface area (Å²) < 4.78 is 26.2. The second kappa shape index (κ2) is 6.33. The van der Waals surface area contributed by atoms with Gasteiger partial charge in [-0.15, -0.1) is 0 Å². The van der Waals surface area contributed by atoms with Gasteiger partial charge in [-0.3, -0.25) is 4.79 Å². The Morgan fingerprint density at radius 1 is 0.950 bits per heavy atom. The molecule has 2 aromatic rings. The lowest BCUT2D eigenvalue weighted by Crippen LogP contribution is -2.08. The molecule has 20 heavy (non-hydrogen) atoms. The average molecular weight is 315 g/mol. The molecule has 1 nitrogen and oxygen atoms in total. The summed E-state index contributed by atoms with van der Waals surface area (Å²) in [6.07, 6.45) is 0.0278. The van der Waals surface area contributed by atoms with Crippen LogP contribution in [-0.2, 0) is 17.6 Å². The second-order valence-electron chi connectivity index (χ2n) is 4.38. The van der Waals surface area contributed by atoms with Crippen LogP contribution in [0.4, 0.5) is 8.78 Å². The fourth-order valence-corrected chi connectivity index (χ4v) is 2.14. The van der Waals surface area contributed by atoms with Gasteiger partial charge >= 0.3 is 0 Å². The van der Waals surface area contributed by atoms with Crippen LogP contribution in [0.1, 0.15) is 11.1 Å². The number of hydrogen-bond donors (Lipinski definition) is 0. The summed E-state index contributed by atoms with van der Waals surface area (Å²) in [7, 11) is 0. The van der Waals surface area contributed by atoms with Gasteiger partial charge in [-0.1, -0.05) is 35.3 Å². The molecule has 0 aliphatic rings. The van der Waals surface area contributed by atoms with E-state index in [9.17, 15) is 13.6 Å². The van der Waals surface area contributed by atoms with Crippen molar-refractivity contribution >= 4 is 29.0 Å². The van der Waals surface area contributed by atoms with Gasteiger partial charge < -0.3 is 0 Å². The predicted molar refractivity (Wildman–Crippen MR) is 75.2 cm³/mol. The van der Waals surface area contributed by atoms with Crippen LogP contribution in [0.5, 0.6) is 0 Å². The summed E-state index contributed by atoms with van der Waals surface area (Å²) >= 11 is 11.6. The molecule has 2 aromatic carbocycles. The summed E-state index contributed by atoms with van der Waals surface area (Å²) in [4.78, 5) is 11.9. The molecule has 0 bridgehead atoms. The molecule has 0 radical (unpaired) electrons. The molecule has 0 fully saturated rings. The first-order valence-electron chi connectivity index (χ1n) is 5.85. The summed E-state index contributed by atoms with van der Waals surface area (Å²) in [5, 5.41) is 0.775. The minimum atomic E-state index is -0.715. The molecule has 0 saturated carbocycles. The van der Waals surface area contributed by atoms with Gasteiger partial charge in [-0.2, -0.15) is 0 Å². The van der Waals surface area contributed by atoms with Crippen LogP contribution < -0.4 is 0 Å². The smallest absolute Gasteiger partial charge is 0.141 e. The summed E-state index contributed by atoms with van der Waals surface area (Å²) in [5.41, 5.74) is 0.878. The Bertz CT molecular complexity index is 656. The van der Waals surface area contributed by atoms with Crippen molar-refractivity contribution in [2.75, 3.05) is 0 Å². The largest absolute Gasteiger partial charge is 0.299 e. The quantitative estimate of drug-likeness (QED) is 0.804. The molecule has 0 N–H and O–H groups in total. The van der Waals surface area contributed by atoms with Gasteiger partial charge in [0.05, 0.1) is 10.0 Å². The van der Waals surface area contributed by atoms with Crippen molar-refractivity contribution < 1.29 is 13.6 Å². The van der Waals surface area contributed by atoms with Crippen LogP contribution in [-0.4, -0.2) is 5.78 Å². The van der Waals surface area contributed by atoms with E-state index in [1.165, 1.54) is 6.07 Å². The van der Waals surface area contributed by atoms with E-state index in [0.29, 0.717) is 15.6 Å². The van der Waals surface area contributed by atoms with Crippen LogP contribution >= 0.6 is 23.2 Å². The normalized spacial score (nSPS) is 10.6. The Balaban J connectivity index is 2.07. The van der Waals surface area contributed by atoms with E-state index in [0.717, 1.165) is 12.1 Å². The van der Waals surface area contributed by atoms with Gasteiger partial charge in [-0.05, 0) is 29.3 Å². The molecule has 0 aliphatic carbocycles. The highest BCUT2D eigenvalue weighted by atomic mass is 35.5. The van der Waals surface area contributed by atoms with E-state index in [1.54, 1.807) is 18.2 Å². The Hall–Kier alpha value is -1.45. The topological polar surface area (TPSA) is 17.1 Å². The molecule has 0 heterocycles. The first kappa shape index (κ1) is 14.9. The third-order valence-corrected chi connectivity index (χ3v) is 3.53. The van der Waals surface area contributed by atoms with Crippen LogP contribution in [0.2, 0.25) is 10.0 Å². The number of carbonyl (C=O) groups excluding carboxylic acids is 1. The van der Waals surface area contributed by atoms with Crippen molar-refractivity contribution in [3.63, 3.8) is 0 Å². The Kier molecular flexibility index (Phi) is 4.73. The molecule has 0 aliphatic heterocycles. The fraction of sp³-hybridized carbons (Fsp3) is 0.133. The van der Waals surface area contributed by atoms with Gasteiger partial charge in [0.15, 0.2) is 0 Å². The van der Waals surface area contributed by atoms with Crippen LogP contribution in [0.25, 0.3) is 0 Å². The van der Waals surface area contributed by atoms with Crippen molar-refractivity contribution in [2.24, 2.45) is 0 Å². The zero-order valence-electron chi connectivity index (χ0n) is 10.3. The standard InChI is InChI=1S/C15H10Cl2F2O/c16-13-4-1-9(6-14(13)17)5-12(20)7-10-2-3-11(18)8-15(10)19/h1-4,6,8H,5,7H2. The molecule has 0 amide bonds. The van der Waals surface area contributed by atoms with Crippen molar-refractivity contribution in [1.29, 1.82) is 0 Å². The van der Waals surface area contributed by atoms with E-state index in [-0.39, 0.29) is 24.2 Å². The maximum Gasteiger partial charge on any atom is 0.141 e. The van der Waals surface area contributed by atoms with Crippen molar-refractivity contribution in [3.05, 3.63) is 69.2 Å². The number of rotatable bonds is 4. The highest BCUT2D eigenvalue weighted by Gasteiger charge is 2.11. The van der Waals surface area contributed by atoms with Gasteiger partial charge in [-0.25, -0.2) is 8.78 Å². The minimum absolute atomic E-state index is 0.0909. The predicted octanol–water partition coefficient (Wildman–Crippen LogP) is 4.63. The second-order valence-corrected chi connectivity index (χ2v) is 5.19. The lowest BCUT2D eigenvalue weighted by Gasteiger charge is -2.05. The highest BCUT2D eigenvalue weighted by molar-refractivity contribution is 6.42. The molecular weight excluding hydrogens is 305 g/mol. The third-order valence-electron chi connectivity index (χ3n) is 2.79. The number of carbonyl (C=O) groups is 1. The monoisotopic (exact) mass is 314 g/mol. The van der Waals surface area contributed by atoms with Crippen LogP contribution in [0.3, 0.4) is 0 Å². The number of Topliss-reactive ketones (excluding diaryl/α,β-unsaturated/α-hetero) is 1. The Morgan fingerprint density at radius 3 is 2.35 bits per heavy atom. The van der Waals surface area contributed by atoms with Gasteiger partial charge in [0.25, 0.3) is 0 Å². The molecule has 5 heteroatoms. The van der Waals surface area contributed by atoms with E-state index in [1.807, 2.05) is 0 Å². The van der Waals surface area contributed by atoms with Gasteiger partial charge in [0, 0.05) is 18.9 Å². The van der Waals surface area contributed by atoms with Crippen molar-refractivity contribution in [1.82, 2.24) is 0 Å². The van der Waals surface area contributed by atoms with Crippen molar-refractivity contribution in [3.8, 4) is 0 Å². The molecule has 0 aromatic heterocycles. The van der Waals surface area contributed by atoms with Gasteiger partial charge in [0.1, 0.15) is 17.4 Å². The molecular formula is C15H10Cl2F2O. The number of hydrogen-bond acceptors (Lipinski definition) is 1. The minimum Gasteiger partial charge on any atom is -0.299 e. The SMILES string of the molecule is O=C(Cc1ccc(Cl)c(Cl)c1)Cc1ccc(F)cc1F. The Morgan fingerprint density at radius 2 is 1.70 bits per heavy atom. The van der Waals surface area contributed by atoms with Crippen LogP contribution in [0, 0.1) is 11.6 Å². The van der Waals surface area contributed by atoms with Crippen LogP contribution in [0.15, 0.2) is 36.4 Å². The molecule has 0 atom stereocenters. The highest BCUT2D eigenvalue weighted by Crippen LogP contribution is 2.23. The Labute approximate surface area is 125 Å². The summed E-state index contributed by atoms with van der Waals surface area (Å²) in [6.45, 7) is 0. The number of halogens is 4. The number of ketones is 1. The molecule has 0 saturated heterocycles. The lowest BCUT2D eigenvalue weighted by molar-refractivity contribution is -0.117. The third kappa shape index (κ3) is 3.78. The summed E-state index contributed by atoms with van der Waals surface area (Å²) in [5.74, 6) is -1.57. The average Bonchev–Trinajstić information content (AvgIpc) is 2.37. The first-order chi connectivity index (χ1) is 9.45. The van der Waals surface area contributed by atoms with Crippen molar-refractivity contribution in [2.45, 2.75) is 12.8 Å². The number of benzene rings is 2. The fourth-order valence-electron chi connectivity index (χ4n) is 1.82. The zero-order valence-corrected chi connectivity index (χ0v) is 11.8. The lowest BCUT2D eigenvalue weighted by atomic mass is 10.0. The maximum atomic E-state index is 13.4. The zero-order chi connectivity index (χ0) is 14.7. The maximum absolute atomic E-state index is 13.4. The molecule has 0 spiro atoms. The molecule has 104 valence electrons. The first-order valence-corrected chi connectivity index (χ1v) is 6.61. The molecule has 2 rings (SSSR count). The van der Waals surface area contributed by atoms with E-state index < -0.39 is 11.6 Å². The van der Waals surface area contributed by atoms with E-state index in [4.69, 9.17) is 23.2 Å². The summed E-state index contributed by atoms with van der Waals surface area (Å²) in [6, 6.07) is 8.06. The van der Waals surface area contributed by atoms with Gasteiger partial charge in [0.2, 0.25) is 0 Å².